The number of urea groups is 1. The second kappa shape index (κ2) is 6.58. The van der Waals surface area contributed by atoms with Crippen LogP contribution in [0.4, 0.5) is 4.79 Å². The van der Waals surface area contributed by atoms with Crippen LogP contribution in [0, 0.1) is 5.92 Å². The molecule has 2 unspecified atom stereocenters. The fourth-order valence-electron chi connectivity index (χ4n) is 2.13. The van der Waals surface area contributed by atoms with E-state index in [0.29, 0.717) is 6.42 Å². The lowest BCUT2D eigenvalue weighted by atomic mass is 10.0. The van der Waals surface area contributed by atoms with Crippen LogP contribution in [-0.4, -0.2) is 54.2 Å². The summed E-state index contributed by atoms with van der Waals surface area (Å²) in [5.41, 5.74) is 0. The number of carboxylic acid groups (broad SMARTS) is 1. The molecular formula is C12H23N3O3. The summed E-state index contributed by atoms with van der Waals surface area (Å²) in [6, 6.07) is -1.09. The van der Waals surface area contributed by atoms with E-state index in [1.54, 1.807) is 0 Å². The Morgan fingerprint density at radius 1 is 1.44 bits per heavy atom. The topological polar surface area (TPSA) is 81.7 Å². The van der Waals surface area contributed by atoms with Crippen molar-refractivity contribution >= 4 is 12.0 Å². The third kappa shape index (κ3) is 4.91. The second-order valence-corrected chi connectivity index (χ2v) is 5.39. The summed E-state index contributed by atoms with van der Waals surface area (Å²) in [4.78, 5) is 24.8. The molecule has 1 aliphatic heterocycles. The Labute approximate surface area is 108 Å². The Morgan fingerprint density at radius 2 is 2.11 bits per heavy atom. The van der Waals surface area contributed by atoms with Crippen LogP contribution in [0.15, 0.2) is 0 Å². The SMILES string of the molecule is CC(C)CC(NC(=O)NC1CCN(C)C1)C(=O)O. The van der Waals surface area contributed by atoms with Crippen molar-refractivity contribution in [3.63, 3.8) is 0 Å². The van der Waals surface area contributed by atoms with Crippen LogP contribution in [0.2, 0.25) is 0 Å². The summed E-state index contributed by atoms with van der Waals surface area (Å²) in [5.74, 6) is -0.758. The van der Waals surface area contributed by atoms with Crippen molar-refractivity contribution in [1.29, 1.82) is 0 Å². The molecule has 2 amide bonds. The molecule has 6 nitrogen and oxygen atoms in total. The Hall–Kier alpha value is -1.30. The first-order valence-electron chi connectivity index (χ1n) is 6.37. The number of hydrogen-bond donors (Lipinski definition) is 3. The van der Waals surface area contributed by atoms with Gasteiger partial charge in [-0.05, 0) is 32.4 Å². The third-order valence-corrected chi connectivity index (χ3v) is 3.04. The first-order valence-corrected chi connectivity index (χ1v) is 6.37. The maximum Gasteiger partial charge on any atom is 0.326 e. The second-order valence-electron chi connectivity index (χ2n) is 5.39. The molecule has 0 bridgehead atoms. The number of nitrogens with zero attached hydrogens (tertiary/aromatic N) is 1. The quantitative estimate of drug-likeness (QED) is 0.669. The fourth-order valence-corrected chi connectivity index (χ4v) is 2.13. The summed E-state index contributed by atoms with van der Waals surface area (Å²) < 4.78 is 0. The van der Waals surface area contributed by atoms with Gasteiger partial charge >= 0.3 is 12.0 Å². The van der Waals surface area contributed by atoms with Gasteiger partial charge in [0.25, 0.3) is 0 Å². The highest BCUT2D eigenvalue weighted by Crippen LogP contribution is 2.07. The minimum Gasteiger partial charge on any atom is -0.480 e. The summed E-state index contributed by atoms with van der Waals surface area (Å²) in [7, 11) is 2.00. The minimum absolute atomic E-state index is 0.114. The molecule has 0 aromatic heterocycles. The monoisotopic (exact) mass is 257 g/mol. The summed E-state index contributed by atoms with van der Waals surface area (Å²) in [6.45, 7) is 5.64. The highest BCUT2D eigenvalue weighted by atomic mass is 16.4. The van der Waals surface area contributed by atoms with Crippen LogP contribution >= 0.6 is 0 Å². The average Bonchev–Trinajstić information content (AvgIpc) is 2.62. The minimum atomic E-state index is -0.984. The number of likely N-dealkylation sites (N-methyl/N-ethyl adjacent to an activating group) is 1. The molecule has 0 aromatic rings. The predicted molar refractivity (Wildman–Crippen MR) is 68.4 cm³/mol. The van der Waals surface area contributed by atoms with E-state index in [4.69, 9.17) is 5.11 Å². The number of amides is 2. The summed E-state index contributed by atoms with van der Waals surface area (Å²) in [5, 5.41) is 14.4. The first kappa shape index (κ1) is 14.8. The number of nitrogens with one attached hydrogen (secondary N) is 2. The average molecular weight is 257 g/mol. The van der Waals surface area contributed by atoms with E-state index in [1.807, 2.05) is 20.9 Å². The van der Waals surface area contributed by atoms with Gasteiger partial charge in [0.1, 0.15) is 6.04 Å². The Bertz CT molecular complexity index is 307. The molecule has 0 radical (unpaired) electrons. The van der Waals surface area contributed by atoms with Crippen LogP contribution in [0.3, 0.4) is 0 Å². The number of likely N-dealkylation sites (tertiary alicyclic amines) is 1. The molecule has 6 heteroatoms. The molecule has 1 rings (SSSR count). The molecule has 1 heterocycles. The molecule has 18 heavy (non-hydrogen) atoms. The van der Waals surface area contributed by atoms with Gasteiger partial charge in [0.15, 0.2) is 0 Å². The molecular weight excluding hydrogens is 234 g/mol. The van der Waals surface area contributed by atoms with Crippen molar-refractivity contribution < 1.29 is 14.7 Å². The van der Waals surface area contributed by atoms with E-state index in [0.717, 1.165) is 19.5 Å². The van der Waals surface area contributed by atoms with Gasteiger partial charge in [0.05, 0.1) is 0 Å². The number of rotatable bonds is 5. The van der Waals surface area contributed by atoms with Crippen molar-refractivity contribution in [2.24, 2.45) is 5.92 Å². The molecule has 1 saturated heterocycles. The standard InChI is InChI=1S/C12H23N3O3/c1-8(2)6-10(11(16)17)14-12(18)13-9-4-5-15(3)7-9/h8-10H,4-7H2,1-3H3,(H,16,17)(H2,13,14,18). The van der Waals surface area contributed by atoms with Gasteiger partial charge in [-0.2, -0.15) is 0 Å². The van der Waals surface area contributed by atoms with Crippen molar-refractivity contribution in [2.45, 2.75) is 38.8 Å². The van der Waals surface area contributed by atoms with Crippen LogP contribution in [0.25, 0.3) is 0 Å². The Balaban J connectivity index is 2.39. The van der Waals surface area contributed by atoms with E-state index in [1.165, 1.54) is 0 Å². The Morgan fingerprint density at radius 3 is 2.56 bits per heavy atom. The van der Waals surface area contributed by atoms with Gasteiger partial charge in [-0.15, -0.1) is 0 Å². The molecule has 0 saturated carbocycles. The number of aliphatic carboxylic acids is 1. The van der Waals surface area contributed by atoms with Crippen LogP contribution in [0.5, 0.6) is 0 Å². The predicted octanol–water partition coefficient (Wildman–Crippen LogP) is 0.489. The molecule has 1 aliphatic rings. The highest BCUT2D eigenvalue weighted by Gasteiger charge is 2.24. The van der Waals surface area contributed by atoms with Crippen molar-refractivity contribution in [2.75, 3.05) is 20.1 Å². The van der Waals surface area contributed by atoms with Crippen molar-refractivity contribution in [3.8, 4) is 0 Å². The van der Waals surface area contributed by atoms with Gasteiger partial charge in [0.2, 0.25) is 0 Å². The van der Waals surface area contributed by atoms with Crippen LogP contribution in [-0.2, 0) is 4.79 Å². The van der Waals surface area contributed by atoms with E-state index in [-0.39, 0.29) is 18.0 Å². The number of carbonyl (C=O) groups is 2. The van der Waals surface area contributed by atoms with Gasteiger partial charge in [0, 0.05) is 12.6 Å². The zero-order valence-corrected chi connectivity index (χ0v) is 11.3. The molecule has 3 N–H and O–H groups in total. The van der Waals surface area contributed by atoms with E-state index in [2.05, 4.69) is 15.5 Å². The smallest absolute Gasteiger partial charge is 0.326 e. The number of carboxylic acids is 1. The third-order valence-electron chi connectivity index (χ3n) is 3.04. The Kier molecular flexibility index (Phi) is 5.40. The first-order chi connectivity index (χ1) is 8.38. The van der Waals surface area contributed by atoms with Gasteiger partial charge < -0.3 is 20.6 Å². The lowest BCUT2D eigenvalue weighted by molar-refractivity contribution is -0.139. The normalized spacial score (nSPS) is 21.9. The van der Waals surface area contributed by atoms with Crippen molar-refractivity contribution in [1.82, 2.24) is 15.5 Å². The molecule has 104 valence electrons. The zero-order chi connectivity index (χ0) is 13.7. The maximum atomic E-state index is 11.7. The van der Waals surface area contributed by atoms with Gasteiger partial charge in [-0.3, -0.25) is 0 Å². The van der Waals surface area contributed by atoms with Gasteiger partial charge in [-0.25, -0.2) is 9.59 Å². The number of hydrogen-bond acceptors (Lipinski definition) is 3. The van der Waals surface area contributed by atoms with Gasteiger partial charge in [-0.1, -0.05) is 13.8 Å². The highest BCUT2D eigenvalue weighted by molar-refractivity contribution is 5.82. The lowest BCUT2D eigenvalue weighted by Crippen LogP contribution is -2.49. The lowest BCUT2D eigenvalue weighted by Gasteiger charge is -2.19. The van der Waals surface area contributed by atoms with E-state index < -0.39 is 12.0 Å². The molecule has 0 spiro atoms. The van der Waals surface area contributed by atoms with Crippen molar-refractivity contribution in [3.05, 3.63) is 0 Å². The molecule has 2 atom stereocenters. The molecule has 1 fully saturated rings. The van der Waals surface area contributed by atoms with E-state index in [9.17, 15) is 9.59 Å². The zero-order valence-electron chi connectivity index (χ0n) is 11.3. The summed E-state index contributed by atoms with van der Waals surface area (Å²) >= 11 is 0. The molecule has 0 aliphatic carbocycles. The molecule has 0 aromatic carbocycles. The van der Waals surface area contributed by atoms with Crippen LogP contribution in [0.1, 0.15) is 26.7 Å². The summed E-state index contributed by atoms with van der Waals surface area (Å²) in [6.07, 6.45) is 1.35. The largest absolute Gasteiger partial charge is 0.480 e. The van der Waals surface area contributed by atoms with Crippen LogP contribution < -0.4 is 10.6 Å². The van der Waals surface area contributed by atoms with E-state index >= 15 is 0 Å². The maximum absolute atomic E-state index is 11.7. The number of carbonyl (C=O) groups excluding carboxylic acids is 1. The fraction of sp³-hybridized carbons (Fsp3) is 0.833.